The summed E-state index contributed by atoms with van der Waals surface area (Å²) in [6.45, 7) is 4.77. The van der Waals surface area contributed by atoms with Crippen LogP contribution in [-0.4, -0.2) is 36.9 Å². The predicted molar refractivity (Wildman–Crippen MR) is 74.2 cm³/mol. The predicted octanol–water partition coefficient (Wildman–Crippen LogP) is 1.61. The Bertz CT molecular complexity index is 470. The number of hydrogen-bond acceptors (Lipinski definition) is 4. The van der Waals surface area contributed by atoms with Crippen molar-refractivity contribution in [1.29, 1.82) is 0 Å². The summed E-state index contributed by atoms with van der Waals surface area (Å²) in [6.07, 6.45) is 1.03. The van der Waals surface area contributed by atoms with Crippen LogP contribution in [0.4, 0.5) is 5.69 Å². The Labute approximate surface area is 114 Å². The first-order valence-corrected chi connectivity index (χ1v) is 6.57. The van der Waals surface area contributed by atoms with Gasteiger partial charge in [-0.2, -0.15) is 0 Å². The minimum absolute atomic E-state index is 0.251. The number of esters is 1. The summed E-state index contributed by atoms with van der Waals surface area (Å²) in [6, 6.07) is 8.14. The van der Waals surface area contributed by atoms with E-state index in [0.29, 0.717) is 5.92 Å². The second kappa shape index (κ2) is 5.21. The van der Waals surface area contributed by atoms with Gasteiger partial charge in [0.15, 0.2) is 5.60 Å². The first-order chi connectivity index (χ1) is 8.94. The molecule has 0 aliphatic carbocycles. The minimum Gasteiger partial charge on any atom is -0.467 e. The van der Waals surface area contributed by atoms with E-state index in [9.17, 15) is 9.90 Å². The Morgan fingerprint density at radius 2 is 2.21 bits per heavy atom. The number of carbonyl (C=O) groups excluding carboxylic acids is 1. The van der Waals surface area contributed by atoms with E-state index in [1.165, 1.54) is 19.6 Å². The highest BCUT2D eigenvalue weighted by molar-refractivity contribution is 5.79. The molecule has 0 saturated heterocycles. The molecule has 4 heteroatoms. The van der Waals surface area contributed by atoms with E-state index in [1.807, 2.05) is 18.2 Å². The monoisotopic (exact) mass is 263 g/mol. The maximum Gasteiger partial charge on any atom is 0.339 e. The van der Waals surface area contributed by atoms with Crippen LogP contribution in [0.25, 0.3) is 0 Å². The van der Waals surface area contributed by atoms with Crippen molar-refractivity contribution in [2.75, 3.05) is 25.1 Å². The number of para-hydroxylation sites is 1. The molecule has 0 amide bonds. The fraction of sp³-hybridized carbons (Fsp3) is 0.533. The highest BCUT2D eigenvalue weighted by atomic mass is 16.5. The smallest absolute Gasteiger partial charge is 0.339 e. The molecule has 0 aromatic heterocycles. The molecule has 1 aromatic rings. The van der Waals surface area contributed by atoms with E-state index < -0.39 is 11.6 Å². The first kappa shape index (κ1) is 13.9. The highest BCUT2D eigenvalue weighted by Gasteiger charge is 2.35. The van der Waals surface area contributed by atoms with Crippen LogP contribution in [-0.2, 0) is 16.0 Å². The molecule has 2 unspecified atom stereocenters. The van der Waals surface area contributed by atoms with Crippen molar-refractivity contribution in [3.8, 4) is 0 Å². The Hall–Kier alpha value is -1.55. The molecule has 0 spiro atoms. The number of carbonyl (C=O) groups is 1. The van der Waals surface area contributed by atoms with E-state index in [2.05, 4.69) is 22.6 Å². The normalized spacial score (nSPS) is 21.5. The molecular weight excluding hydrogens is 242 g/mol. The highest BCUT2D eigenvalue weighted by Crippen LogP contribution is 2.30. The lowest BCUT2D eigenvalue weighted by Gasteiger charge is -2.38. The van der Waals surface area contributed by atoms with Gasteiger partial charge in [0.05, 0.1) is 13.7 Å². The van der Waals surface area contributed by atoms with Crippen LogP contribution >= 0.6 is 0 Å². The summed E-state index contributed by atoms with van der Waals surface area (Å²) in [5.41, 5.74) is 0.880. The molecule has 0 bridgehead atoms. The molecular formula is C15H21NO3. The van der Waals surface area contributed by atoms with Gasteiger partial charge < -0.3 is 14.7 Å². The summed E-state index contributed by atoms with van der Waals surface area (Å²) in [4.78, 5) is 13.7. The number of anilines is 1. The van der Waals surface area contributed by atoms with Gasteiger partial charge in [-0.25, -0.2) is 4.79 Å². The van der Waals surface area contributed by atoms with E-state index in [-0.39, 0.29) is 6.54 Å². The summed E-state index contributed by atoms with van der Waals surface area (Å²) in [5, 5.41) is 10.2. The van der Waals surface area contributed by atoms with Crippen LogP contribution in [0.15, 0.2) is 24.3 Å². The van der Waals surface area contributed by atoms with Crippen LogP contribution in [0.1, 0.15) is 19.4 Å². The van der Waals surface area contributed by atoms with Gasteiger partial charge in [-0.3, -0.25) is 0 Å². The Balaban J connectivity index is 2.24. The van der Waals surface area contributed by atoms with Gasteiger partial charge in [0.2, 0.25) is 0 Å². The van der Waals surface area contributed by atoms with E-state index in [4.69, 9.17) is 0 Å². The number of nitrogens with zero attached hydrogens (tertiary/aromatic N) is 1. The molecule has 2 atom stereocenters. The molecule has 1 aromatic carbocycles. The number of fused-ring (bicyclic) bond motifs is 1. The second-order valence-corrected chi connectivity index (χ2v) is 5.58. The lowest BCUT2D eigenvalue weighted by molar-refractivity contribution is -0.159. The van der Waals surface area contributed by atoms with Crippen LogP contribution in [0.3, 0.4) is 0 Å². The maximum atomic E-state index is 11.6. The number of benzene rings is 1. The number of ether oxygens (including phenoxy) is 1. The lowest BCUT2D eigenvalue weighted by atomic mass is 9.92. The molecule has 2 rings (SSSR count). The van der Waals surface area contributed by atoms with Crippen molar-refractivity contribution in [3.63, 3.8) is 0 Å². The Morgan fingerprint density at radius 1 is 1.53 bits per heavy atom. The van der Waals surface area contributed by atoms with Gasteiger partial charge in [0.1, 0.15) is 0 Å². The van der Waals surface area contributed by atoms with E-state index >= 15 is 0 Å². The number of aliphatic hydroxyl groups is 1. The molecule has 0 fully saturated rings. The zero-order valence-electron chi connectivity index (χ0n) is 11.7. The van der Waals surface area contributed by atoms with Crippen molar-refractivity contribution in [1.82, 2.24) is 0 Å². The molecule has 1 aliphatic heterocycles. The van der Waals surface area contributed by atoms with Gasteiger partial charge >= 0.3 is 5.97 Å². The summed E-state index contributed by atoms with van der Waals surface area (Å²) in [5.74, 6) is -0.0912. The van der Waals surface area contributed by atoms with Crippen LogP contribution in [0, 0.1) is 5.92 Å². The van der Waals surface area contributed by atoms with Crippen LogP contribution in [0.5, 0.6) is 0 Å². The zero-order chi connectivity index (χ0) is 14.0. The molecule has 0 radical (unpaired) electrons. The Kier molecular flexibility index (Phi) is 3.80. The molecule has 1 aliphatic rings. The number of methoxy groups -OCH3 is 1. The molecule has 0 saturated carbocycles. The number of rotatable bonds is 3. The lowest BCUT2D eigenvalue weighted by Crippen LogP contribution is -2.50. The summed E-state index contributed by atoms with van der Waals surface area (Å²) in [7, 11) is 1.30. The van der Waals surface area contributed by atoms with Gasteiger partial charge in [-0.15, -0.1) is 0 Å². The summed E-state index contributed by atoms with van der Waals surface area (Å²) >= 11 is 0. The van der Waals surface area contributed by atoms with Gasteiger partial charge in [-0.1, -0.05) is 25.1 Å². The van der Waals surface area contributed by atoms with Crippen molar-refractivity contribution in [3.05, 3.63) is 29.8 Å². The summed E-state index contributed by atoms with van der Waals surface area (Å²) < 4.78 is 4.66. The van der Waals surface area contributed by atoms with Crippen LogP contribution in [0.2, 0.25) is 0 Å². The average Bonchev–Trinajstić information content (AvgIpc) is 2.37. The van der Waals surface area contributed by atoms with Crippen molar-refractivity contribution < 1.29 is 14.6 Å². The average molecular weight is 263 g/mol. The second-order valence-electron chi connectivity index (χ2n) is 5.58. The topological polar surface area (TPSA) is 49.8 Å². The van der Waals surface area contributed by atoms with Crippen LogP contribution < -0.4 is 4.90 Å². The van der Waals surface area contributed by atoms with Gasteiger partial charge in [0, 0.05) is 12.2 Å². The number of hydrogen-bond donors (Lipinski definition) is 1. The molecule has 1 N–H and O–H groups in total. The van der Waals surface area contributed by atoms with Crippen molar-refractivity contribution >= 4 is 11.7 Å². The maximum absolute atomic E-state index is 11.6. The molecule has 1 heterocycles. The SMILES string of the molecule is COC(=O)C(C)(O)CN1CC(C)Cc2ccccc21. The third-order valence-corrected chi connectivity index (χ3v) is 3.56. The van der Waals surface area contributed by atoms with E-state index in [0.717, 1.165) is 18.7 Å². The molecule has 4 nitrogen and oxygen atoms in total. The minimum atomic E-state index is -1.49. The van der Waals surface area contributed by atoms with Gasteiger partial charge in [-0.05, 0) is 30.9 Å². The van der Waals surface area contributed by atoms with E-state index in [1.54, 1.807) is 0 Å². The molecule has 104 valence electrons. The quantitative estimate of drug-likeness (QED) is 0.842. The first-order valence-electron chi connectivity index (χ1n) is 6.57. The Morgan fingerprint density at radius 3 is 2.89 bits per heavy atom. The van der Waals surface area contributed by atoms with Crippen molar-refractivity contribution in [2.24, 2.45) is 5.92 Å². The zero-order valence-corrected chi connectivity index (χ0v) is 11.7. The number of β-amino-alcohol motifs (C(OH)–C–C–N with tert-alkyl or cyclic N) is 1. The fourth-order valence-corrected chi connectivity index (χ4v) is 2.71. The standard InChI is InChI=1S/C15H21NO3/c1-11-8-12-6-4-5-7-13(12)16(9-11)10-15(2,18)14(17)19-3/h4-7,11,18H,8-10H2,1-3H3. The largest absolute Gasteiger partial charge is 0.467 e. The third kappa shape index (κ3) is 2.89. The van der Waals surface area contributed by atoms with Crippen molar-refractivity contribution in [2.45, 2.75) is 25.9 Å². The third-order valence-electron chi connectivity index (χ3n) is 3.56. The van der Waals surface area contributed by atoms with Gasteiger partial charge in [0.25, 0.3) is 0 Å². The molecule has 19 heavy (non-hydrogen) atoms. The fourth-order valence-electron chi connectivity index (χ4n) is 2.71.